The molecule has 0 unspecified atom stereocenters. The number of carbonyl (C=O) groups is 2. The van der Waals surface area contributed by atoms with Crippen molar-refractivity contribution in [2.24, 2.45) is 5.92 Å². The van der Waals surface area contributed by atoms with E-state index in [9.17, 15) is 9.59 Å². The highest BCUT2D eigenvalue weighted by Crippen LogP contribution is 2.27. The first kappa shape index (κ1) is 18.5. The van der Waals surface area contributed by atoms with E-state index in [2.05, 4.69) is 12.2 Å². The normalized spacial score (nSPS) is 15.0. The summed E-state index contributed by atoms with van der Waals surface area (Å²) in [5, 5.41) is 2.91. The zero-order valence-corrected chi connectivity index (χ0v) is 14.7. The lowest BCUT2D eigenvalue weighted by atomic mass is 9.86. The first-order chi connectivity index (χ1) is 11.7. The molecular formula is C20H29NO3. The molecule has 24 heavy (non-hydrogen) atoms. The second-order valence-electron chi connectivity index (χ2n) is 6.66. The first-order valence-corrected chi connectivity index (χ1v) is 9.26. The summed E-state index contributed by atoms with van der Waals surface area (Å²) in [7, 11) is 0. The average Bonchev–Trinajstić information content (AvgIpc) is 2.61. The molecule has 0 bridgehead atoms. The number of nitrogens with one attached hydrogen (secondary N) is 1. The van der Waals surface area contributed by atoms with Crippen molar-refractivity contribution in [1.82, 2.24) is 0 Å². The van der Waals surface area contributed by atoms with Crippen LogP contribution >= 0.6 is 0 Å². The molecule has 1 amide bonds. The maximum Gasteiger partial charge on any atom is 0.338 e. The molecule has 1 fully saturated rings. The molecular weight excluding hydrogens is 302 g/mol. The topological polar surface area (TPSA) is 55.4 Å². The largest absolute Gasteiger partial charge is 0.462 e. The third-order valence-electron chi connectivity index (χ3n) is 4.64. The smallest absolute Gasteiger partial charge is 0.338 e. The van der Waals surface area contributed by atoms with Gasteiger partial charge in [0.1, 0.15) is 0 Å². The molecule has 0 radical (unpaired) electrons. The zero-order chi connectivity index (χ0) is 17.2. The highest BCUT2D eigenvalue weighted by Gasteiger charge is 2.15. The van der Waals surface area contributed by atoms with Gasteiger partial charge in [-0.15, -0.1) is 0 Å². The Bertz CT molecular complexity index is 518. The Hall–Kier alpha value is -1.84. The minimum atomic E-state index is -0.307. The van der Waals surface area contributed by atoms with Gasteiger partial charge in [-0.1, -0.05) is 45.4 Å². The molecule has 0 spiro atoms. The van der Waals surface area contributed by atoms with Crippen molar-refractivity contribution in [3.8, 4) is 0 Å². The third-order valence-corrected chi connectivity index (χ3v) is 4.64. The van der Waals surface area contributed by atoms with Crippen molar-refractivity contribution >= 4 is 17.6 Å². The van der Waals surface area contributed by atoms with Crippen LogP contribution in [0.15, 0.2) is 24.3 Å². The second-order valence-corrected chi connectivity index (χ2v) is 6.66. The molecule has 0 atom stereocenters. The Kier molecular flexibility index (Phi) is 7.80. The van der Waals surface area contributed by atoms with Crippen LogP contribution in [-0.4, -0.2) is 18.5 Å². The third kappa shape index (κ3) is 6.34. The number of rotatable bonds is 8. The quantitative estimate of drug-likeness (QED) is 0.542. The summed E-state index contributed by atoms with van der Waals surface area (Å²) < 4.78 is 5.17. The maximum atomic E-state index is 12.0. The maximum absolute atomic E-state index is 12.0. The standard InChI is InChI=1S/C20H29NO3/c1-2-3-15-24-20(23)17-10-12-18(13-11-17)21-19(22)14-9-16-7-5-4-6-8-16/h10-13,16H,2-9,14-15H2,1H3,(H,21,22). The fourth-order valence-electron chi connectivity index (χ4n) is 3.12. The molecule has 0 heterocycles. The van der Waals surface area contributed by atoms with Gasteiger partial charge in [0.2, 0.25) is 5.91 Å². The lowest BCUT2D eigenvalue weighted by Crippen LogP contribution is -2.15. The molecule has 1 saturated carbocycles. The van der Waals surface area contributed by atoms with Crippen molar-refractivity contribution in [3.63, 3.8) is 0 Å². The van der Waals surface area contributed by atoms with Gasteiger partial charge in [0, 0.05) is 12.1 Å². The van der Waals surface area contributed by atoms with Gasteiger partial charge in [-0.05, 0) is 43.0 Å². The number of carbonyl (C=O) groups excluding carboxylic acids is 2. The summed E-state index contributed by atoms with van der Waals surface area (Å²) in [4.78, 5) is 23.9. The monoisotopic (exact) mass is 331 g/mol. The second kappa shape index (κ2) is 10.1. The number of unbranched alkanes of at least 4 members (excludes halogenated alkanes) is 1. The van der Waals surface area contributed by atoms with Crippen molar-refractivity contribution < 1.29 is 14.3 Å². The van der Waals surface area contributed by atoms with Crippen molar-refractivity contribution in [2.45, 2.75) is 64.7 Å². The van der Waals surface area contributed by atoms with Gasteiger partial charge >= 0.3 is 5.97 Å². The Morgan fingerprint density at radius 2 is 1.83 bits per heavy atom. The van der Waals surface area contributed by atoms with Gasteiger partial charge in [-0.2, -0.15) is 0 Å². The van der Waals surface area contributed by atoms with Crippen LogP contribution in [0.3, 0.4) is 0 Å². The number of hydrogen-bond donors (Lipinski definition) is 1. The van der Waals surface area contributed by atoms with Crippen molar-refractivity contribution in [1.29, 1.82) is 0 Å². The molecule has 1 aromatic carbocycles. The van der Waals surface area contributed by atoms with Gasteiger partial charge in [-0.3, -0.25) is 4.79 Å². The molecule has 0 aromatic heterocycles. The van der Waals surface area contributed by atoms with Crippen LogP contribution < -0.4 is 5.32 Å². The predicted octanol–water partition coefficient (Wildman–Crippen LogP) is 4.94. The predicted molar refractivity (Wildman–Crippen MR) is 96.1 cm³/mol. The molecule has 1 aliphatic carbocycles. The van der Waals surface area contributed by atoms with E-state index in [0.29, 0.717) is 24.5 Å². The number of hydrogen-bond acceptors (Lipinski definition) is 3. The zero-order valence-electron chi connectivity index (χ0n) is 14.7. The number of amides is 1. The van der Waals surface area contributed by atoms with E-state index >= 15 is 0 Å². The number of esters is 1. The van der Waals surface area contributed by atoms with E-state index in [1.165, 1.54) is 32.1 Å². The molecule has 4 heteroatoms. The van der Waals surface area contributed by atoms with Crippen LogP contribution in [0.5, 0.6) is 0 Å². The molecule has 132 valence electrons. The van der Waals surface area contributed by atoms with E-state index in [4.69, 9.17) is 4.74 Å². The summed E-state index contributed by atoms with van der Waals surface area (Å²) in [5.41, 5.74) is 1.25. The highest BCUT2D eigenvalue weighted by atomic mass is 16.5. The summed E-state index contributed by atoms with van der Waals surface area (Å²) in [6.45, 7) is 2.51. The van der Waals surface area contributed by atoms with Crippen molar-refractivity contribution in [3.05, 3.63) is 29.8 Å². The minimum absolute atomic E-state index is 0.0545. The fraction of sp³-hybridized carbons (Fsp3) is 0.600. The molecule has 0 aliphatic heterocycles. The summed E-state index contributed by atoms with van der Waals surface area (Å²) in [6, 6.07) is 6.92. The van der Waals surface area contributed by atoms with Gasteiger partial charge in [-0.25, -0.2) is 4.79 Å². The minimum Gasteiger partial charge on any atom is -0.462 e. The number of benzene rings is 1. The van der Waals surface area contributed by atoms with E-state index < -0.39 is 0 Å². The molecule has 0 saturated heterocycles. The van der Waals surface area contributed by atoms with Crippen LogP contribution in [0.25, 0.3) is 0 Å². The van der Waals surface area contributed by atoms with Crippen LogP contribution in [0.4, 0.5) is 5.69 Å². The Morgan fingerprint density at radius 3 is 2.50 bits per heavy atom. The fourth-order valence-corrected chi connectivity index (χ4v) is 3.12. The van der Waals surface area contributed by atoms with Gasteiger partial charge in [0.25, 0.3) is 0 Å². The molecule has 1 N–H and O–H groups in total. The Labute approximate surface area is 145 Å². The van der Waals surface area contributed by atoms with Gasteiger partial charge < -0.3 is 10.1 Å². The molecule has 1 aliphatic rings. The molecule has 2 rings (SSSR count). The average molecular weight is 331 g/mol. The van der Waals surface area contributed by atoms with E-state index in [-0.39, 0.29) is 11.9 Å². The summed E-state index contributed by atoms with van der Waals surface area (Å²) >= 11 is 0. The molecule has 1 aromatic rings. The van der Waals surface area contributed by atoms with Crippen LogP contribution in [0, 0.1) is 5.92 Å². The Morgan fingerprint density at radius 1 is 1.12 bits per heavy atom. The lowest BCUT2D eigenvalue weighted by molar-refractivity contribution is -0.116. The molecule has 4 nitrogen and oxygen atoms in total. The number of anilines is 1. The summed E-state index contributed by atoms with van der Waals surface area (Å²) in [5.74, 6) is 0.460. The first-order valence-electron chi connectivity index (χ1n) is 9.26. The lowest BCUT2D eigenvalue weighted by Gasteiger charge is -2.21. The Balaban J connectivity index is 1.74. The van der Waals surface area contributed by atoms with Crippen molar-refractivity contribution in [2.75, 3.05) is 11.9 Å². The van der Waals surface area contributed by atoms with Gasteiger partial charge in [0.15, 0.2) is 0 Å². The highest BCUT2D eigenvalue weighted by molar-refractivity contribution is 5.93. The number of ether oxygens (including phenoxy) is 1. The van der Waals surface area contributed by atoms with Crippen LogP contribution in [0.1, 0.15) is 75.1 Å². The van der Waals surface area contributed by atoms with Crippen LogP contribution in [-0.2, 0) is 9.53 Å². The summed E-state index contributed by atoms with van der Waals surface area (Å²) in [6.07, 6.45) is 9.92. The van der Waals surface area contributed by atoms with Crippen LogP contribution in [0.2, 0.25) is 0 Å². The van der Waals surface area contributed by atoms with E-state index in [1.54, 1.807) is 24.3 Å². The SMILES string of the molecule is CCCCOC(=O)c1ccc(NC(=O)CCC2CCCCC2)cc1. The van der Waals surface area contributed by atoms with E-state index in [1.807, 2.05) is 0 Å². The van der Waals surface area contributed by atoms with E-state index in [0.717, 1.165) is 24.9 Å². The van der Waals surface area contributed by atoms with Gasteiger partial charge in [0.05, 0.1) is 12.2 Å².